The molecule has 17 heavy (non-hydrogen) atoms. The summed E-state index contributed by atoms with van der Waals surface area (Å²) < 4.78 is 0. The van der Waals surface area contributed by atoms with Crippen LogP contribution in [0.2, 0.25) is 0 Å². The topological polar surface area (TPSA) is 0 Å². The first-order valence-electron chi connectivity index (χ1n) is 6.83. The van der Waals surface area contributed by atoms with Gasteiger partial charge in [0.25, 0.3) is 0 Å². The Morgan fingerprint density at radius 2 is 1.88 bits per heavy atom. The van der Waals surface area contributed by atoms with Gasteiger partial charge in [-0.2, -0.15) is 0 Å². The van der Waals surface area contributed by atoms with Crippen molar-refractivity contribution in [1.82, 2.24) is 0 Å². The van der Waals surface area contributed by atoms with Gasteiger partial charge in [-0.3, -0.25) is 0 Å². The maximum absolute atomic E-state index is 6.13. The molecule has 0 nitrogen and oxygen atoms in total. The molecular weight excluding hydrogens is 228 g/mol. The average Bonchev–Trinajstić information content (AvgIpc) is 2.28. The van der Waals surface area contributed by atoms with Gasteiger partial charge < -0.3 is 0 Å². The Hall–Kier alpha value is -0.490. The van der Waals surface area contributed by atoms with Crippen LogP contribution in [0.1, 0.15) is 51.2 Å². The third-order valence-corrected chi connectivity index (χ3v) is 3.59. The summed E-state index contributed by atoms with van der Waals surface area (Å²) in [4.78, 5) is 0. The SMILES string of the molecule is CCC(Cl)CCCc1cccc(CC(C)C)c1. The third kappa shape index (κ3) is 6.12. The van der Waals surface area contributed by atoms with Gasteiger partial charge in [0.2, 0.25) is 0 Å². The highest BCUT2D eigenvalue weighted by Gasteiger charge is 2.02. The minimum atomic E-state index is 0.355. The fourth-order valence-corrected chi connectivity index (χ4v) is 2.27. The van der Waals surface area contributed by atoms with Crippen LogP contribution in [0.25, 0.3) is 0 Å². The van der Waals surface area contributed by atoms with Crippen LogP contribution in [0.15, 0.2) is 24.3 Å². The zero-order valence-electron chi connectivity index (χ0n) is 11.4. The smallest absolute Gasteiger partial charge is 0.0333 e. The summed E-state index contributed by atoms with van der Waals surface area (Å²) in [5.41, 5.74) is 2.93. The third-order valence-electron chi connectivity index (χ3n) is 3.06. The Balaban J connectivity index is 2.43. The number of alkyl halides is 1. The normalized spacial score (nSPS) is 13.0. The van der Waals surface area contributed by atoms with Crippen LogP contribution in [0.5, 0.6) is 0 Å². The molecule has 0 N–H and O–H groups in total. The summed E-state index contributed by atoms with van der Waals surface area (Å²) in [6.45, 7) is 6.69. The second kappa shape index (κ2) is 7.76. The van der Waals surface area contributed by atoms with E-state index in [9.17, 15) is 0 Å². The summed E-state index contributed by atoms with van der Waals surface area (Å²) in [7, 11) is 0. The summed E-state index contributed by atoms with van der Waals surface area (Å²) in [5, 5.41) is 0.355. The second-order valence-corrected chi connectivity index (χ2v) is 5.93. The molecule has 1 unspecified atom stereocenters. The largest absolute Gasteiger partial charge is 0.123 e. The van der Waals surface area contributed by atoms with E-state index in [-0.39, 0.29) is 0 Å². The zero-order valence-corrected chi connectivity index (χ0v) is 12.1. The Bertz CT molecular complexity index is 317. The molecule has 0 bridgehead atoms. The van der Waals surface area contributed by atoms with E-state index >= 15 is 0 Å². The van der Waals surface area contributed by atoms with Gasteiger partial charge in [-0.1, -0.05) is 45.0 Å². The first-order valence-corrected chi connectivity index (χ1v) is 7.27. The first-order chi connectivity index (χ1) is 8.11. The summed E-state index contributed by atoms with van der Waals surface area (Å²) >= 11 is 6.13. The van der Waals surface area contributed by atoms with Crippen LogP contribution in [-0.4, -0.2) is 5.38 Å². The summed E-state index contributed by atoms with van der Waals surface area (Å²) in [5.74, 6) is 0.734. The molecule has 1 aromatic carbocycles. The van der Waals surface area contributed by atoms with Gasteiger partial charge in [-0.25, -0.2) is 0 Å². The van der Waals surface area contributed by atoms with Crippen molar-refractivity contribution in [2.45, 2.75) is 58.3 Å². The molecule has 1 aromatic rings. The Labute approximate surface area is 111 Å². The van der Waals surface area contributed by atoms with E-state index < -0.39 is 0 Å². The van der Waals surface area contributed by atoms with Crippen LogP contribution in [0.3, 0.4) is 0 Å². The van der Waals surface area contributed by atoms with Crippen molar-refractivity contribution >= 4 is 11.6 Å². The Morgan fingerprint density at radius 1 is 1.18 bits per heavy atom. The second-order valence-electron chi connectivity index (χ2n) is 5.32. The number of hydrogen-bond donors (Lipinski definition) is 0. The van der Waals surface area contributed by atoms with Crippen LogP contribution < -0.4 is 0 Å². The van der Waals surface area contributed by atoms with E-state index in [2.05, 4.69) is 45.0 Å². The molecule has 0 radical (unpaired) electrons. The highest BCUT2D eigenvalue weighted by molar-refractivity contribution is 6.20. The van der Waals surface area contributed by atoms with E-state index in [4.69, 9.17) is 11.6 Å². The van der Waals surface area contributed by atoms with Gasteiger partial charge in [0.05, 0.1) is 0 Å². The minimum absolute atomic E-state index is 0.355. The predicted octanol–water partition coefficient (Wildman–Crippen LogP) is 5.23. The fraction of sp³-hybridized carbons (Fsp3) is 0.625. The molecule has 0 aliphatic heterocycles. The zero-order chi connectivity index (χ0) is 12.7. The number of benzene rings is 1. The lowest BCUT2D eigenvalue weighted by Gasteiger charge is -2.09. The van der Waals surface area contributed by atoms with Crippen molar-refractivity contribution in [2.24, 2.45) is 5.92 Å². The van der Waals surface area contributed by atoms with Crippen LogP contribution >= 0.6 is 11.6 Å². The molecule has 0 heterocycles. The lowest BCUT2D eigenvalue weighted by molar-refractivity contribution is 0.645. The number of halogens is 1. The van der Waals surface area contributed by atoms with Crippen molar-refractivity contribution in [3.05, 3.63) is 35.4 Å². The van der Waals surface area contributed by atoms with E-state index in [0.717, 1.165) is 25.2 Å². The molecule has 0 saturated heterocycles. The van der Waals surface area contributed by atoms with Gasteiger partial charge in [-0.05, 0) is 49.1 Å². The van der Waals surface area contributed by atoms with Crippen LogP contribution in [0, 0.1) is 5.92 Å². The van der Waals surface area contributed by atoms with E-state index in [1.165, 1.54) is 24.0 Å². The highest BCUT2D eigenvalue weighted by Crippen LogP contribution is 2.15. The number of aryl methyl sites for hydroxylation is 1. The van der Waals surface area contributed by atoms with Crippen LogP contribution in [0.4, 0.5) is 0 Å². The maximum Gasteiger partial charge on any atom is 0.0333 e. The van der Waals surface area contributed by atoms with Gasteiger partial charge in [0.15, 0.2) is 0 Å². The van der Waals surface area contributed by atoms with E-state index in [0.29, 0.717) is 5.38 Å². The molecule has 0 amide bonds. The summed E-state index contributed by atoms with van der Waals surface area (Å²) in [6, 6.07) is 9.01. The van der Waals surface area contributed by atoms with Crippen molar-refractivity contribution in [2.75, 3.05) is 0 Å². The van der Waals surface area contributed by atoms with E-state index in [1.807, 2.05) is 0 Å². The molecule has 1 atom stereocenters. The summed E-state index contributed by atoms with van der Waals surface area (Å²) in [6.07, 6.45) is 5.75. The van der Waals surface area contributed by atoms with Crippen molar-refractivity contribution < 1.29 is 0 Å². The van der Waals surface area contributed by atoms with Gasteiger partial charge >= 0.3 is 0 Å². The molecule has 0 aliphatic carbocycles. The predicted molar refractivity (Wildman–Crippen MR) is 77.9 cm³/mol. The molecule has 1 heteroatoms. The quantitative estimate of drug-likeness (QED) is 0.584. The lowest BCUT2D eigenvalue weighted by atomic mass is 9.99. The standard InChI is InChI=1S/C16H25Cl/c1-4-16(17)10-6-8-14-7-5-9-15(12-14)11-13(2)3/h5,7,9,12-13,16H,4,6,8,10-11H2,1-3H3. The van der Waals surface area contributed by atoms with Gasteiger partial charge in [-0.15, -0.1) is 11.6 Å². The highest BCUT2D eigenvalue weighted by atomic mass is 35.5. The number of rotatable bonds is 7. The van der Waals surface area contributed by atoms with Crippen molar-refractivity contribution in [1.29, 1.82) is 0 Å². The maximum atomic E-state index is 6.13. The van der Waals surface area contributed by atoms with Gasteiger partial charge in [0, 0.05) is 5.38 Å². The lowest BCUT2D eigenvalue weighted by Crippen LogP contribution is -1.98. The van der Waals surface area contributed by atoms with E-state index in [1.54, 1.807) is 0 Å². The minimum Gasteiger partial charge on any atom is -0.123 e. The molecule has 96 valence electrons. The molecule has 0 saturated carbocycles. The van der Waals surface area contributed by atoms with Crippen molar-refractivity contribution in [3.8, 4) is 0 Å². The van der Waals surface area contributed by atoms with Gasteiger partial charge in [0.1, 0.15) is 0 Å². The molecule has 0 aliphatic rings. The first kappa shape index (κ1) is 14.6. The monoisotopic (exact) mass is 252 g/mol. The molecular formula is C16H25Cl. The van der Waals surface area contributed by atoms with Crippen molar-refractivity contribution in [3.63, 3.8) is 0 Å². The Kier molecular flexibility index (Phi) is 6.65. The number of hydrogen-bond acceptors (Lipinski definition) is 0. The Morgan fingerprint density at radius 3 is 2.53 bits per heavy atom. The molecule has 0 fully saturated rings. The van der Waals surface area contributed by atoms with Crippen LogP contribution in [-0.2, 0) is 12.8 Å². The molecule has 1 rings (SSSR count). The molecule has 0 aromatic heterocycles. The fourth-order valence-electron chi connectivity index (χ4n) is 2.12. The molecule has 0 spiro atoms. The average molecular weight is 253 g/mol.